The number of esters is 1. The first-order valence-electron chi connectivity index (χ1n) is 7.95. The van der Waals surface area contributed by atoms with Crippen molar-refractivity contribution < 1.29 is 14.3 Å². The molecule has 1 amide bonds. The van der Waals surface area contributed by atoms with E-state index in [1.807, 2.05) is 0 Å². The molecule has 0 bridgehead atoms. The highest BCUT2D eigenvalue weighted by Crippen LogP contribution is 2.26. The number of ether oxygens (including phenoxy) is 1. The van der Waals surface area contributed by atoms with E-state index in [1.165, 1.54) is 4.90 Å². The van der Waals surface area contributed by atoms with Gasteiger partial charge in [-0.1, -0.05) is 53.0 Å². The van der Waals surface area contributed by atoms with Gasteiger partial charge in [0.2, 0.25) is 5.91 Å². The first kappa shape index (κ1) is 20.6. The molecule has 138 valence electrons. The van der Waals surface area contributed by atoms with Gasteiger partial charge in [0.25, 0.3) is 0 Å². The molecule has 2 aromatic rings. The number of likely N-dealkylation sites (N-methyl/N-ethyl adjacent to an activating group) is 1. The van der Waals surface area contributed by atoms with Crippen molar-refractivity contribution >= 4 is 46.7 Å². The number of benzene rings is 2. The van der Waals surface area contributed by atoms with Crippen LogP contribution in [0.4, 0.5) is 0 Å². The second-order valence-electron chi connectivity index (χ2n) is 5.62. The molecular weight excluding hydrogens is 397 g/mol. The van der Waals surface area contributed by atoms with Crippen molar-refractivity contribution in [2.75, 3.05) is 13.7 Å². The smallest absolute Gasteiger partial charge is 0.333 e. The fourth-order valence-corrected chi connectivity index (χ4v) is 3.08. The minimum absolute atomic E-state index is 0.0377. The zero-order chi connectivity index (χ0) is 19.3. The molecular formula is C19H18Cl3NO3. The molecule has 26 heavy (non-hydrogen) atoms. The Morgan fingerprint density at radius 1 is 1.04 bits per heavy atom. The SMILES string of the molecule is CCOC(=O)C(c1ccc(Cl)cc1)N(C)C(=O)Cc1ccc(Cl)cc1Cl. The van der Waals surface area contributed by atoms with Gasteiger partial charge in [0.05, 0.1) is 13.0 Å². The maximum atomic E-state index is 12.7. The standard InChI is InChI=1S/C19H18Cl3NO3/c1-3-26-19(25)18(12-4-7-14(20)8-5-12)23(2)17(24)10-13-6-9-15(21)11-16(13)22/h4-9,11,18H,3,10H2,1-2H3. The maximum absolute atomic E-state index is 12.7. The lowest BCUT2D eigenvalue weighted by atomic mass is 10.0. The molecule has 2 aromatic carbocycles. The van der Waals surface area contributed by atoms with E-state index in [0.717, 1.165) is 0 Å². The zero-order valence-electron chi connectivity index (χ0n) is 14.3. The van der Waals surface area contributed by atoms with Gasteiger partial charge < -0.3 is 9.64 Å². The number of amides is 1. The molecule has 0 aliphatic rings. The molecule has 0 fully saturated rings. The molecule has 0 saturated carbocycles. The number of carbonyl (C=O) groups is 2. The highest BCUT2D eigenvalue weighted by molar-refractivity contribution is 6.35. The van der Waals surface area contributed by atoms with Crippen LogP contribution < -0.4 is 0 Å². The van der Waals surface area contributed by atoms with E-state index in [1.54, 1.807) is 56.4 Å². The summed E-state index contributed by atoms with van der Waals surface area (Å²) in [6, 6.07) is 10.8. The third kappa shape index (κ3) is 5.13. The number of nitrogens with zero attached hydrogens (tertiary/aromatic N) is 1. The number of hydrogen-bond acceptors (Lipinski definition) is 3. The molecule has 0 radical (unpaired) electrons. The topological polar surface area (TPSA) is 46.6 Å². The van der Waals surface area contributed by atoms with Crippen LogP contribution in [0.3, 0.4) is 0 Å². The maximum Gasteiger partial charge on any atom is 0.333 e. The molecule has 2 rings (SSSR count). The predicted octanol–water partition coefficient (Wildman–Crippen LogP) is 4.95. The quantitative estimate of drug-likeness (QED) is 0.628. The Balaban J connectivity index is 2.26. The Bertz CT molecular complexity index is 793. The normalized spacial score (nSPS) is 11.7. The van der Waals surface area contributed by atoms with Crippen LogP contribution in [0.5, 0.6) is 0 Å². The number of hydrogen-bond donors (Lipinski definition) is 0. The van der Waals surface area contributed by atoms with Crippen molar-refractivity contribution in [3.8, 4) is 0 Å². The average molecular weight is 415 g/mol. The van der Waals surface area contributed by atoms with Gasteiger partial charge in [0.15, 0.2) is 6.04 Å². The number of carbonyl (C=O) groups excluding carboxylic acids is 2. The third-order valence-electron chi connectivity index (χ3n) is 3.83. The third-order valence-corrected chi connectivity index (χ3v) is 4.67. The highest BCUT2D eigenvalue weighted by Gasteiger charge is 2.30. The van der Waals surface area contributed by atoms with Crippen LogP contribution in [0.1, 0.15) is 24.1 Å². The molecule has 0 saturated heterocycles. The van der Waals surface area contributed by atoms with Gasteiger partial charge in [0, 0.05) is 22.1 Å². The van der Waals surface area contributed by atoms with Crippen molar-refractivity contribution in [3.05, 3.63) is 68.7 Å². The van der Waals surface area contributed by atoms with Gasteiger partial charge in [0.1, 0.15) is 0 Å². The van der Waals surface area contributed by atoms with Crippen LogP contribution in [0, 0.1) is 0 Å². The molecule has 0 aromatic heterocycles. The summed E-state index contributed by atoms with van der Waals surface area (Å²) >= 11 is 17.9. The minimum atomic E-state index is -0.870. The first-order valence-corrected chi connectivity index (χ1v) is 9.08. The van der Waals surface area contributed by atoms with Crippen LogP contribution in [0.2, 0.25) is 15.1 Å². The second-order valence-corrected chi connectivity index (χ2v) is 6.90. The molecule has 0 heterocycles. The molecule has 0 aliphatic carbocycles. The monoisotopic (exact) mass is 413 g/mol. The van der Waals surface area contributed by atoms with E-state index >= 15 is 0 Å². The summed E-state index contributed by atoms with van der Waals surface area (Å²) in [7, 11) is 1.56. The Morgan fingerprint density at radius 2 is 1.65 bits per heavy atom. The molecule has 0 N–H and O–H groups in total. The van der Waals surface area contributed by atoms with Crippen molar-refractivity contribution in [1.29, 1.82) is 0 Å². The summed E-state index contributed by atoms with van der Waals surface area (Å²) in [4.78, 5) is 26.5. The van der Waals surface area contributed by atoms with Crippen LogP contribution in [-0.4, -0.2) is 30.4 Å². The van der Waals surface area contributed by atoms with E-state index in [9.17, 15) is 9.59 Å². The van der Waals surface area contributed by atoms with Crippen molar-refractivity contribution in [3.63, 3.8) is 0 Å². The lowest BCUT2D eigenvalue weighted by Gasteiger charge is -2.27. The Labute approximate surface area is 167 Å². The summed E-state index contributed by atoms with van der Waals surface area (Å²) in [6.45, 7) is 1.93. The van der Waals surface area contributed by atoms with Gasteiger partial charge in [-0.3, -0.25) is 4.79 Å². The Morgan fingerprint density at radius 3 is 2.23 bits per heavy atom. The minimum Gasteiger partial charge on any atom is -0.464 e. The molecule has 1 unspecified atom stereocenters. The summed E-state index contributed by atoms with van der Waals surface area (Å²) in [6.07, 6.45) is 0.0377. The van der Waals surface area contributed by atoms with Crippen LogP contribution in [0.15, 0.2) is 42.5 Å². The zero-order valence-corrected chi connectivity index (χ0v) is 16.6. The predicted molar refractivity (Wildman–Crippen MR) is 104 cm³/mol. The van der Waals surface area contributed by atoms with Gasteiger partial charge in [-0.05, 0) is 42.3 Å². The van der Waals surface area contributed by atoms with Gasteiger partial charge >= 0.3 is 5.97 Å². The molecule has 4 nitrogen and oxygen atoms in total. The largest absolute Gasteiger partial charge is 0.464 e. The summed E-state index contributed by atoms with van der Waals surface area (Å²) in [5.41, 5.74) is 1.25. The molecule has 1 atom stereocenters. The van der Waals surface area contributed by atoms with Crippen molar-refractivity contribution in [2.24, 2.45) is 0 Å². The van der Waals surface area contributed by atoms with E-state index in [0.29, 0.717) is 26.2 Å². The Hall–Kier alpha value is -1.75. The number of rotatable bonds is 6. The van der Waals surface area contributed by atoms with Crippen LogP contribution >= 0.6 is 34.8 Å². The van der Waals surface area contributed by atoms with Crippen molar-refractivity contribution in [2.45, 2.75) is 19.4 Å². The lowest BCUT2D eigenvalue weighted by Crippen LogP contribution is -2.37. The van der Waals surface area contributed by atoms with Gasteiger partial charge in [-0.2, -0.15) is 0 Å². The fraction of sp³-hybridized carbons (Fsp3) is 0.263. The van der Waals surface area contributed by atoms with Crippen molar-refractivity contribution in [1.82, 2.24) is 4.90 Å². The fourth-order valence-electron chi connectivity index (χ4n) is 2.48. The first-order chi connectivity index (χ1) is 12.3. The molecule has 0 spiro atoms. The van der Waals surface area contributed by atoms with E-state index < -0.39 is 12.0 Å². The molecule has 7 heteroatoms. The number of halogens is 3. The van der Waals surface area contributed by atoms with E-state index in [-0.39, 0.29) is 18.9 Å². The molecule has 0 aliphatic heterocycles. The Kier molecular flexibility index (Phi) is 7.33. The average Bonchev–Trinajstić information content (AvgIpc) is 2.59. The van der Waals surface area contributed by atoms with Crippen LogP contribution in [0.25, 0.3) is 0 Å². The highest BCUT2D eigenvalue weighted by atomic mass is 35.5. The summed E-state index contributed by atoms with van der Waals surface area (Å²) in [5.74, 6) is -0.782. The van der Waals surface area contributed by atoms with Gasteiger partial charge in [-0.25, -0.2) is 4.79 Å². The lowest BCUT2D eigenvalue weighted by molar-refractivity contribution is -0.154. The summed E-state index contributed by atoms with van der Waals surface area (Å²) < 4.78 is 5.14. The van der Waals surface area contributed by atoms with E-state index in [4.69, 9.17) is 39.5 Å². The second kappa shape index (κ2) is 9.26. The van der Waals surface area contributed by atoms with Crippen LogP contribution in [-0.2, 0) is 20.7 Å². The van der Waals surface area contributed by atoms with Gasteiger partial charge in [-0.15, -0.1) is 0 Å². The summed E-state index contributed by atoms with van der Waals surface area (Å²) in [5, 5.41) is 1.43. The van der Waals surface area contributed by atoms with E-state index in [2.05, 4.69) is 0 Å².